The maximum absolute atomic E-state index is 11.4. The highest BCUT2D eigenvalue weighted by Gasteiger charge is 2.15. The minimum Gasteiger partial charge on any atom is -0.444 e. The van der Waals surface area contributed by atoms with E-state index >= 15 is 0 Å². The summed E-state index contributed by atoms with van der Waals surface area (Å²) in [5.41, 5.74) is -0.270. The lowest BCUT2D eigenvalue weighted by atomic mass is 10.2. The van der Waals surface area contributed by atoms with Gasteiger partial charge in [0.05, 0.1) is 0 Å². The molecule has 1 aromatic heterocycles. The summed E-state index contributed by atoms with van der Waals surface area (Å²) in [6.07, 6.45) is -0.467. The summed E-state index contributed by atoms with van der Waals surface area (Å²) >= 11 is 0. The molecule has 1 heterocycles. The second-order valence-corrected chi connectivity index (χ2v) is 5.24. The first-order valence-electron chi connectivity index (χ1n) is 6.58. The third-order valence-electron chi connectivity index (χ3n) is 2.22. The summed E-state index contributed by atoms with van der Waals surface area (Å²) < 4.78 is 5.09. The SMILES string of the molecule is CNC(=O)c1ccc(NCCNC(=O)OC(C)(C)C)nn1. The van der Waals surface area contributed by atoms with E-state index < -0.39 is 11.7 Å². The molecule has 0 saturated heterocycles. The predicted octanol–water partition coefficient (Wildman–Crippen LogP) is 0.773. The molecule has 0 aliphatic carbocycles. The number of hydrogen-bond acceptors (Lipinski definition) is 6. The highest BCUT2D eigenvalue weighted by Crippen LogP contribution is 2.06. The molecule has 0 saturated carbocycles. The molecule has 0 spiro atoms. The van der Waals surface area contributed by atoms with E-state index in [2.05, 4.69) is 26.1 Å². The number of aromatic nitrogens is 2. The van der Waals surface area contributed by atoms with E-state index in [4.69, 9.17) is 4.74 Å². The molecule has 0 atom stereocenters. The Morgan fingerprint density at radius 1 is 1.19 bits per heavy atom. The van der Waals surface area contributed by atoms with Crippen LogP contribution in [0.5, 0.6) is 0 Å². The van der Waals surface area contributed by atoms with Gasteiger partial charge in [-0.15, -0.1) is 10.2 Å². The summed E-state index contributed by atoms with van der Waals surface area (Å²) in [5, 5.41) is 15.7. The Balaban J connectivity index is 2.30. The van der Waals surface area contributed by atoms with E-state index in [1.807, 2.05) is 0 Å². The summed E-state index contributed by atoms with van der Waals surface area (Å²) in [6, 6.07) is 3.21. The minimum absolute atomic E-state index is 0.245. The van der Waals surface area contributed by atoms with Crippen LogP contribution in [0.25, 0.3) is 0 Å². The number of rotatable bonds is 5. The van der Waals surface area contributed by atoms with E-state index in [1.165, 1.54) is 7.05 Å². The lowest BCUT2D eigenvalue weighted by Crippen LogP contribution is -2.35. The van der Waals surface area contributed by atoms with Gasteiger partial charge in [-0.3, -0.25) is 4.79 Å². The lowest BCUT2D eigenvalue weighted by Gasteiger charge is -2.19. The standard InChI is InChI=1S/C13H21N5O3/c1-13(2,3)21-12(20)16-8-7-15-10-6-5-9(17-18-10)11(19)14-4/h5-6H,7-8H2,1-4H3,(H,14,19)(H,15,18)(H,16,20). The normalized spacial score (nSPS) is 10.7. The third kappa shape index (κ3) is 6.55. The molecular weight excluding hydrogens is 274 g/mol. The molecule has 2 amide bonds. The zero-order valence-corrected chi connectivity index (χ0v) is 12.7. The highest BCUT2D eigenvalue weighted by molar-refractivity contribution is 5.91. The highest BCUT2D eigenvalue weighted by atomic mass is 16.6. The molecule has 0 aliphatic heterocycles. The van der Waals surface area contributed by atoms with Crippen LogP contribution in [-0.2, 0) is 4.74 Å². The second kappa shape index (κ2) is 7.41. The van der Waals surface area contributed by atoms with Gasteiger partial charge in [-0.2, -0.15) is 0 Å². The van der Waals surface area contributed by atoms with E-state index in [9.17, 15) is 9.59 Å². The van der Waals surface area contributed by atoms with Crippen LogP contribution in [0.4, 0.5) is 10.6 Å². The van der Waals surface area contributed by atoms with Crippen molar-refractivity contribution in [2.24, 2.45) is 0 Å². The first-order valence-corrected chi connectivity index (χ1v) is 6.58. The molecule has 0 aromatic carbocycles. The second-order valence-electron chi connectivity index (χ2n) is 5.24. The number of carbonyl (C=O) groups is 2. The van der Waals surface area contributed by atoms with Crippen molar-refractivity contribution < 1.29 is 14.3 Å². The van der Waals surface area contributed by atoms with Gasteiger partial charge >= 0.3 is 6.09 Å². The fourth-order valence-corrected chi connectivity index (χ4v) is 1.35. The lowest BCUT2D eigenvalue weighted by molar-refractivity contribution is 0.0530. The Labute approximate surface area is 123 Å². The number of nitrogens with zero attached hydrogens (tertiary/aromatic N) is 2. The zero-order chi connectivity index (χ0) is 15.9. The number of alkyl carbamates (subject to hydrolysis) is 1. The Hall–Kier alpha value is -2.38. The van der Waals surface area contributed by atoms with Crippen molar-refractivity contribution in [2.45, 2.75) is 26.4 Å². The van der Waals surface area contributed by atoms with Crippen LogP contribution >= 0.6 is 0 Å². The first-order chi connectivity index (χ1) is 9.81. The van der Waals surface area contributed by atoms with Gasteiger partial charge in [0.25, 0.3) is 5.91 Å². The molecule has 1 aromatic rings. The topological polar surface area (TPSA) is 105 Å². The van der Waals surface area contributed by atoms with Crippen LogP contribution in [0.1, 0.15) is 31.3 Å². The fraction of sp³-hybridized carbons (Fsp3) is 0.538. The maximum atomic E-state index is 11.4. The van der Waals surface area contributed by atoms with Crippen molar-refractivity contribution in [1.29, 1.82) is 0 Å². The average molecular weight is 295 g/mol. The number of hydrogen-bond donors (Lipinski definition) is 3. The van der Waals surface area contributed by atoms with E-state index in [1.54, 1.807) is 32.9 Å². The van der Waals surface area contributed by atoms with Crippen molar-refractivity contribution in [3.63, 3.8) is 0 Å². The molecule has 8 heteroatoms. The van der Waals surface area contributed by atoms with Gasteiger partial charge in [0.1, 0.15) is 11.4 Å². The number of carbonyl (C=O) groups excluding carboxylic acids is 2. The monoisotopic (exact) mass is 295 g/mol. The van der Waals surface area contributed by atoms with Crippen molar-refractivity contribution in [1.82, 2.24) is 20.8 Å². The maximum Gasteiger partial charge on any atom is 0.407 e. The average Bonchev–Trinajstić information content (AvgIpc) is 2.41. The van der Waals surface area contributed by atoms with E-state index in [-0.39, 0.29) is 11.6 Å². The summed E-state index contributed by atoms with van der Waals surface area (Å²) in [7, 11) is 1.53. The predicted molar refractivity (Wildman–Crippen MR) is 78.1 cm³/mol. The molecule has 0 fully saturated rings. The number of anilines is 1. The van der Waals surface area contributed by atoms with Crippen LogP contribution in [0, 0.1) is 0 Å². The number of amides is 2. The minimum atomic E-state index is -0.515. The number of ether oxygens (including phenoxy) is 1. The van der Waals surface area contributed by atoms with Gasteiger partial charge in [0.15, 0.2) is 5.69 Å². The molecule has 21 heavy (non-hydrogen) atoms. The molecular formula is C13H21N5O3. The third-order valence-corrected chi connectivity index (χ3v) is 2.22. The number of nitrogens with one attached hydrogen (secondary N) is 3. The molecule has 3 N–H and O–H groups in total. The van der Waals surface area contributed by atoms with Crippen molar-refractivity contribution in [2.75, 3.05) is 25.5 Å². The smallest absolute Gasteiger partial charge is 0.407 e. The van der Waals surface area contributed by atoms with Crippen molar-refractivity contribution in [3.05, 3.63) is 17.8 Å². The summed E-state index contributed by atoms with van der Waals surface area (Å²) in [5.74, 6) is 0.231. The van der Waals surface area contributed by atoms with Crippen LogP contribution in [0.3, 0.4) is 0 Å². The van der Waals surface area contributed by atoms with Crippen molar-refractivity contribution >= 4 is 17.8 Å². The zero-order valence-electron chi connectivity index (χ0n) is 12.7. The Bertz CT molecular complexity index is 482. The van der Waals surface area contributed by atoms with Gasteiger partial charge < -0.3 is 20.7 Å². The Morgan fingerprint density at radius 2 is 1.90 bits per heavy atom. The molecule has 0 unspecified atom stereocenters. The van der Waals surface area contributed by atoms with Crippen LogP contribution in [0.2, 0.25) is 0 Å². The quantitative estimate of drug-likeness (QED) is 0.693. The van der Waals surface area contributed by atoms with Gasteiger partial charge in [-0.05, 0) is 32.9 Å². The van der Waals surface area contributed by atoms with E-state index in [0.29, 0.717) is 18.9 Å². The molecule has 0 bridgehead atoms. The van der Waals surface area contributed by atoms with Gasteiger partial charge in [0, 0.05) is 20.1 Å². The van der Waals surface area contributed by atoms with Gasteiger partial charge in [0.2, 0.25) is 0 Å². The summed E-state index contributed by atoms with van der Waals surface area (Å²) in [4.78, 5) is 22.7. The Morgan fingerprint density at radius 3 is 2.43 bits per heavy atom. The molecule has 116 valence electrons. The fourth-order valence-electron chi connectivity index (χ4n) is 1.35. The largest absolute Gasteiger partial charge is 0.444 e. The first kappa shape index (κ1) is 16.7. The molecule has 8 nitrogen and oxygen atoms in total. The van der Waals surface area contributed by atoms with Crippen LogP contribution in [0.15, 0.2) is 12.1 Å². The van der Waals surface area contributed by atoms with Gasteiger partial charge in [-0.1, -0.05) is 0 Å². The molecule has 0 radical (unpaired) electrons. The molecule has 1 rings (SSSR count). The van der Waals surface area contributed by atoms with Gasteiger partial charge in [-0.25, -0.2) is 4.79 Å². The van der Waals surface area contributed by atoms with Crippen LogP contribution in [-0.4, -0.2) is 47.9 Å². The van der Waals surface area contributed by atoms with Crippen molar-refractivity contribution in [3.8, 4) is 0 Å². The van der Waals surface area contributed by atoms with Crippen LogP contribution < -0.4 is 16.0 Å². The van der Waals surface area contributed by atoms with E-state index in [0.717, 1.165) is 0 Å². The molecule has 0 aliphatic rings. The summed E-state index contributed by atoms with van der Waals surface area (Å²) in [6.45, 7) is 6.25. The Kier molecular flexibility index (Phi) is 5.89.